The van der Waals surface area contributed by atoms with E-state index in [9.17, 15) is 40.9 Å². The van der Waals surface area contributed by atoms with Gasteiger partial charge in [-0.3, -0.25) is 4.79 Å². The second-order valence-corrected chi connectivity index (χ2v) is 15.2. The van der Waals surface area contributed by atoms with Gasteiger partial charge in [0.1, 0.15) is 5.82 Å². The first-order chi connectivity index (χ1) is 24.7. The summed E-state index contributed by atoms with van der Waals surface area (Å²) in [5, 5.41) is 20.3. The van der Waals surface area contributed by atoms with Crippen molar-refractivity contribution in [1.29, 1.82) is 10.5 Å². The predicted octanol–water partition coefficient (Wildman–Crippen LogP) is 8.18. The van der Waals surface area contributed by atoms with Crippen LogP contribution in [0.4, 0.5) is 13.2 Å². The van der Waals surface area contributed by atoms with E-state index < -0.39 is 43.8 Å². The number of nitriles is 2. The van der Waals surface area contributed by atoms with Gasteiger partial charge in [0.2, 0.25) is 5.91 Å². The number of nitrogens with zero attached hydrogens (tertiary/aromatic N) is 3. The molecular weight excluding hydrogens is 737 g/mol. The van der Waals surface area contributed by atoms with Crippen molar-refractivity contribution in [1.82, 2.24) is 8.69 Å². The zero-order valence-electron chi connectivity index (χ0n) is 26.6. The van der Waals surface area contributed by atoms with Crippen molar-refractivity contribution in [3.8, 4) is 45.6 Å². The van der Waals surface area contributed by atoms with Gasteiger partial charge in [0.15, 0.2) is 0 Å². The van der Waals surface area contributed by atoms with E-state index in [0.717, 1.165) is 53.4 Å². The summed E-state index contributed by atoms with van der Waals surface area (Å²) in [5.74, 6) is -1.56. The first kappa shape index (κ1) is 35.9. The number of nitrogens with one attached hydrogen (secondary N) is 1. The average molecular weight is 759 g/mol. The minimum Gasteiger partial charge on any atom is -0.274 e. The average Bonchev–Trinajstić information content (AvgIpc) is 3.45. The van der Waals surface area contributed by atoms with E-state index >= 15 is 4.39 Å². The van der Waals surface area contributed by atoms with Gasteiger partial charge < -0.3 is 0 Å². The molecule has 1 N–H and O–H groups in total. The van der Waals surface area contributed by atoms with Gasteiger partial charge in [-0.05, 0) is 66.2 Å². The number of rotatable bonds is 8. The molecule has 0 spiro atoms. The maximum absolute atomic E-state index is 15.1. The van der Waals surface area contributed by atoms with Crippen LogP contribution in [0.25, 0.3) is 44.4 Å². The van der Waals surface area contributed by atoms with Crippen LogP contribution in [0.3, 0.4) is 0 Å². The molecule has 260 valence electrons. The first-order valence-corrected chi connectivity index (χ1v) is 18.3. The Kier molecular flexibility index (Phi) is 9.42. The summed E-state index contributed by atoms with van der Waals surface area (Å²) >= 11 is 6.57. The number of benzene rings is 5. The Morgan fingerprint density at radius 2 is 1.40 bits per heavy atom. The zero-order chi connectivity index (χ0) is 37.5. The molecule has 15 heteroatoms. The van der Waals surface area contributed by atoms with Gasteiger partial charge in [-0.15, -0.1) is 0 Å². The molecule has 6 rings (SSSR count). The van der Waals surface area contributed by atoms with Gasteiger partial charge in [-0.25, -0.2) is 38.7 Å². The number of carbonyl (C=O) groups is 1. The van der Waals surface area contributed by atoms with Crippen LogP contribution in [0.5, 0.6) is 0 Å². The predicted molar refractivity (Wildman–Crippen MR) is 188 cm³/mol. The molecule has 0 fully saturated rings. The van der Waals surface area contributed by atoms with Crippen LogP contribution in [0, 0.1) is 28.5 Å². The van der Waals surface area contributed by atoms with Crippen LogP contribution in [-0.4, -0.2) is 26.7 Å². The standard InChI is InChI=1S/C37H22ClF3N4O5S2/c1-21(46)44-51(47,48)29-13-14-30(32(38)18-29)23-4-2-5-24(16-23)36-35(34-25(19-42)6-3-7-26(34)20-43)31-17-27(39)10-15-33(31)45(36)52(49,50)28-11-8-22(9-12-28)37(40)41/h2-18,37H,1H3,(H,44,46). The number of halogens is 4. The topological polar surface area (TPSA) is 150 Å². The quantitative estimate of drug-likeness (QED) is 0.165. The number of hydrogen-bond acceptors (Lipinski definition) is 7. The summed E-state index contributed by atoms with van der Waals surface area (Å²) in [6, 6.07) is 25.7. The van der Waals surface area contributed by atoms with Crippen LogP contribution in [-0.2, 0) is 24.8 Å². The molecule has 0 unspecified atom stereocenters. The minimum atomic E-state index is -4.69. The van der Waals surface area contributed by atoms with Crippen LogP contribution >= 0.6 is 11.6 Å². The molecule has 9 nitrogen and oxygen atoms in total. The van der Waals surface area contributed by atoms with Crippen molar-refractivity contribution in [3.63, 3.8) is 0 Å². The number of hydrogen-bond donors (Lipinski definition) is 1. The molecule has 0 saturated carbocycles. The molecule has 0 bridgehead atoms. The SMILES string of the molecule is CC(=O)NS(=O)(=O)c1ccc(-c2cccc(-c3c(-c4c(C#N)cccc4C#N)c4cc(F)ccc4n3S(=O)(=O)c3ccc(C(F)F)cc3)c2)c(Cl)c1. The molecule has 0 saturated heterocycles. The van der Waals surface area contributed by atoms with Crippen molar-refractivity contribution >= 4 is 48.5 Å². The van der Waals surface area contributed by atoms with E-state index in [1.54, 1.807) is 12.1 Å². The zero-order valence-corrected chi connectivity index (χ0v) is 29.0. The van der Waals surface area contributed by atoms with Crippen LogP contribution in [0.15, 0.2) is 113 Å². The van der Waals surface area contributed by atoms with E-state index in [2.05, 4.69) is 0 Å². The fraction of sp³-hybridized carbons (Fsp3) is 0.0541. The van der Waals surface area contributed by atoms with Gasteiger partial charge in [-0.2, -0.15) is 10.5 Å². The summed E-state index contributed by atoms with van der Waals surface area (Å²) in [5.41, 5.74) is 0.314. The molecular formula is C37H22ClF3N4O5S2. The van der Waals surface area contributed by atoms with Gasteiger partial charge in [-0.1, -0.05) is 54.1 Å². The second kappa shape index (κ2) is 13.7. The van der Waals surface area contributed by atoms with E-state index in [-0.39, 0.29) is 59.2 Å². The Hall–Kier alpha value is -5.93. The maximum atomic E-state index is 15.1. The molecule has 52 heavy (non-hydrogen) atoms. The van der Waals surface area contributed by atoms with Crippen molar-refractivity contribution in [2.24, 2.45) is 0 Å². The number of aromatic nitrogens is 1. The molecule has 0 atom stereocenters. The molecule has 1 aromatic heterocycles. The lowest BCUT2D eigenvalue weighted by atomic mass is 9.90. The second-order valence-electron chi connectivity index (χ2n) is 11.4. The van der Waals surface area contributed by atoms with Crippen molar-refractivity contribution in [3.05, 3.63) is 131 Å². The normalized spacial score (nSPS) is 11.7. The molecule has 6 aromatic rings. The number of amides is 1. The van der Waals surface area contributed by atoms with Crippen LogP contribution in [0.2, 0.25) is 5.02 Å². The third-order valence-electron chi connectivity index (χ3n) is 8.09. The van der Waals surface area contributed by atoms with Gasteiger partial charge >= 0.3 is 0 Å². The minimum absolute atomic E-state index is 0.0162. The maximum Gasteiger partial charge on any atom is 0.268 e. The van der Waals surface area contributed by atoms with E-state index in [1.165, 1.54) is 48.5 Å². The third kappa shape index (κ3) is 6.39. The molecule has 0 aliphatic rings. The molecule has 0 aliphatic heterocycles. The smallest absolute Gasteiger partial charge is 0.268 e. The summed E-state index contributed by atoms with van der Waals surface area (Å²) in [4.78, 5) is 10.8. The Labute approximate surface area is 300 Å². The van der Waals surface area contributed by atoms with Crippen LogP contribution in [0.1, 0.15) is 30.0 Å². The monoisotopic (exact) mass is 758 g/mol. The lowest BCUT2D eigenvalue weighted by molar-refractivity contribution is -0.117. The number of alkyl halides is 2. The lowest BCUT2D eigenvalue weighted by Crippen LogP contribution is -2.28. The van der Waals surface area contributed by atoms with Gasteiger partial charge in [0.25, 0.3) is 26.5 Å². The highest BCUT2D eigenvalue weighted by atomic mass is 35.5. The first-order valence-electron chi connectivity index (χ1n) is 15.0. The van der Waals surface area contributed by atoms with Crippen LogP contribution < -0.4 is 4.72 Å². The molecule has 1 heterocycles. The highest BCUT2D eigenvalue weighted by Crippen LogP contribution is 2.46. The van der Waals surface area contributed by atoms with E-state index in [4.69, 9.17) is 11.6 Å². The van der Waals surface area contributed by atoms with E-state index in [1.807, 2.05) is 16.9 Å². The molecule has 0 aliphatic carbocycles. The Morgan fingerprint density at radius 3 is 2.00 bits per heavy atom. The molecule has 0 radical (unpaired) electrons. The Morgan fingerprint density at radius 1 is 0.788 bits per heavy atom. The Bertz CT molecular complexity index is 2720. The summed E-state index contributed by atoms with van der Waals surface area (Å²) in [6.45, 7) is 1.04. The lowest BCUT2D eigenvalue weighted by Gasteiger charge is -2.16. The highest BCUT2D eigenvalue weighted by Gasteiger charge is 2.31. The number of sulfonamides is 1. The van der Waals surface area contributed by atoms with Crippen molar-refractivity contribution < 1.29 is 34.8 Å². The largest absolute Gasteiger partial charge is 0.274 e. The fourth-order valence-electron chi connectivity index (χ4n) is 5.88. The third-order valence-corrected chi connectivity index (χ3v) is 11.6. The Balaban J connectivity index is 1.70. The van der Waals surface area contributed by atoms with Crippen molar-refractivity contribution in [2.45, 2.75) is 23.1 Å². The number of fused-ring (bicyclic) bond motifs is 1. The van der Waals surface area contributed by atoms with Crippen molar-refractivity contribution in [2.75, 3.05) is 0 Å². The summed E-state index contributed by atoms with van der Waals surface area (Å²) < 4.78 is 99.1. The number of carbonyl (C=O) groups excluding carboxylic acids is 1. The molecule has 5 aromatic carbocycles. The molecule has 1 amide bonds. The highest BCUT2D eigenvalue weighted by molar-refractivity contribution is 7.90. The summed E-state index contributed by atoms with van der Waals surface area (Å²) in [7, 11) is -8.92. The van der Waals surface area contributed by atoms with Gasteiger partial charge in [0, 0.05) is 45.1 Å². The van der Waals surface area contributed by atoms with E-state index in [0.29, 0.717) is 11.1 Å². The fourth-order valence-corrected chi connectivity index (χ4v) is 8.79. The van der Waals surface area contributed by atoms with Gasteiger partial charge in [0.05, 0.1) is 44.3 Å². The summed E-state index contributed by atoms with van der Waals surface area (Å²) in [6.07, 6.45) is -2.87.